The highest BCUT2D eigenvalue weighted by atomic mass is 16.2. The average molecular weight is 282 g/mol. The molecular formula is C16H18N4O. The van der Waals surface area contributed by atoms with E-state index in [1.54, 1.807) is 12.3 Å². The van der Waals surface area contributed by atoms with Gasteiger partial charge in [0.15, 0.2) is 5.65 Å². The first-order chi connectivity index (χ1) is 10.1. The Morgan fingerprint density at radius 3 is 2.71 bits per heavy atom. The third-order valence-electron chi connectivity index (χ3n) is 3.82. The highest BCUT2D eigenvalue weighted by molar-refractivity contribution is 5.35. The van der Waals surface area contributed by atoms with Crippen LogP contribution in [0.1, 0.15) is 22.7 Å². The SMILES string of the molecule is Cc1ccc(C(N)Cn2nc3ccccn3c2=O)cc1C. The van der Waals surface area contributed by atoms with Gasteiger partial charge in [0.1, 0.15) is 0 Å². The van der Waals surface area contributed by atoms with Crippen molar-refractivity contribution in [3.63, 3.8) is 0 Å². The molecule has 5 nitrogen and oxygen atoms in total. The van der Waals surface area contributed by atoms with Gasteiger partial charge in [0.05, 0.1) is 6.54 Å². The van der Waals surface area contributed by atoms with Gasteiger partial charge >= 0.3 is 5.69 Å². The lowest BCUT2D eigenvalue weighted by molar-refractivity contribution is 0.513. The van der Waals surface area contributed by atoms with Crippen LogP contribution in [-0.4, -0.2) is 14.2 Å². The van der Waals surface area contributed by atoms with Crippen LogP contribution in [0.4, 0.5) is 0 Å². The molecule has 1 unspecified atom stereocenters. The molecule has 3 rings (SSSR count). The molecule has 0 aliphatic rings. The van der Waals surface area contributed by atoms with E-state index in [1.807, 2.05) is 18.2 Å². The number of rotatable bonds is 3. The Morgan fingerprint density at radius 1 is 1.19 bits per heavy atom. The van der Waals surface area contributed by atoms with Crippen LogP contribution in [0.3, 0.4) is 0 Å². The zero-order valence-corrected chi connectivity index (χ0v) is 12.2. The molecule has 0 amide bonds. The highest BCUT2D eigenvalue weighted by Crippen LogP contribution is 2.16. The second-order valence-corrected chi connectivity index (χ2v) is 5.34. The molecule has 0 bridgehead atoms. The summed E-state index contributed by atoms with van der Waals surface area (Å²) in [6.07, 6.45) is 1.71. The van der Waals surface area contributed by atoms with Crippen molar-refractivity contribution in [1.82, 2.24) is 14.2 Å². The van der Waals surface area contributed by atoms with Crippen LogP contribution < -0.4 is 11.4 Å². The first-order valence-electron chi connectivity index (χ1n) is 6.93. The van der Waals surface area contributed by atoms with E-state index < -0.39 is 0 Å². The van der Waals surface area contributed by atoms with Crippen molar-refractivity contribution < 1.29 is 0 Å². The maximum Gasteiger partial charge on any atom is 0.350 e. The Morgan fingerprint density at radius 2 is 2.00 bits per heavy atom. The fourth-order valence-electron chi connectivity index (χ4n) is 2.37. The second-order valence-electron chi connectivity index (χ2n) is 5.34. The van der Waals surface area contributed by atoms with Gasteiger partial charge in [0.2, 0.25) is 0 Å². The second kappa shape index (κ2) is 5.18. The van der Waals surface area contributed by atoms with Crippen molar-refractivity contribution in [2.45, 2.75) is 26.4 Å². The monoisotopic (exact) mass is 282 g/mol. The Hall–Kier alpha value is -2.40. The summed E-state index contributed by atoms with van der Waals surface area (Å²) in [6.45, 7) is 4.49. The van der Waals surface area contributed by atoms with Crippen molar-refractivity contribution in [2.24, 2.45) is 5.73 Å². The minimum Gasteiger partial charge on any atom is -0.322 e. The average Bonchev–Trinajstić information content (AvgIpc) is 2.79. The fraction of sp³-hybridized carbons (Fsp3) is 0.250. The number of nitrogens with zero attached hydrogens (tertiary/aromatic N) is 3. The van der Waals surface area contributed by atoms with Crippen LogP contribution in [0, 0.1) is 13.8 Å². The van der Waals surface area contributed by atoms with Gasteiger partial charge in [-0.2, -0.15) is 0 Å². The van der Waals surface area contributed by atoms with Gasteiger partial charge in [-0.1, -0.05) is 24.3 Å². The van der Waals surface area contributed by atoms with Crippen molar-refractivity contribution in [1.29, 1.82) is 0 Å². The number of nitrogens with two attached hydrogens (primary N) is 1. The van der Waals surface area contributed by atoms with Crippen LogP contribution in [0.2, 0.25) is 0 Å². The van der Waals surface area contributed by atoms with Gasteiger partial charge in [-0.25, -0.2) is 9.48 Å². The molecule has 0 spiro atoms. The van der Waals surface area contributed by atoms with E-state index in [2.05, 4.69) is 31.1 Å². The van der Waals surface area contributed by atoms with E-state index in [9.17, 15) is 4.79 Å². The van der Waals surface area contributed by atoms with E-state index >= 15 is 0 Å². The van der Waals surface area contributed by atoms with Crippen molar-refractivity contribution in [2.75, 3.05) is 0 Å². The first kappa shape index (κ1) is 13.6. The lowest BCUT2D eigenvalue weighted by Crippen LogP contribution is -2.27. The van der Waals surface area contributed by atoms with Gasteiger partial charge < -0.3 is 5.73 Å². The number of hydrogen-bond donors (Lipinski definition) is 1. The highest BCUT2D eigenvalue weighted by Gasteiger charge is 2.12. The summed E-state index contributed by atoms with van der Waals surface area (Å²) in [4.78, 5) is 12.2. The quantitative estimate of drug-likeness (QED) is 0.797. The van der Waals surface area contributed by atoms with Crippen molar-refractivity contribution in [3.05, 3.63) is 69.8 Å². The van der Waals surface area contributed by atoms with Gasteiger partial charge in [0.25, 0.3) is 0 Å². The number of aromatic nitrogens is 3. The normalized spacial score (nSPS) is 12.7. The molecule has 2 aromatic heterocycles. The Bertz CT molecular complexity index is 847. The molecule has 0 aliphatic heterocycles. The molecule has 2 heterocycles. The molecule has 108 valence electrons. The maximum absolute atomic E-state index is 12.2. The molecule has 1 atom stereocenters. The van der Waals surface area contributed by atoms with Gasteiger partial charge in [-0.15, -0.1) is 5.10 Å². The number of hydrogen-bond acceptors (Lipinski definition) is 3. The van der Waals surface area contributed by atoms with Crippen LogP contribution in [0.25, 0.3) is 5.65 Å². The number of fused-ring (bicyclic) bond motifs is 1. The van der Waals surface area contributed by atoms with E-state index in [1.165, 1.54) is 20.2 Å². The summed E-state index contributed by atoms with van der Waals surface area (Å²) in [5, 5.41) is 4.30. The Balaban J connectivity index is 1.92. The zero-order chi connectivity index (χ0) is 15.0. The summed E-state index contributed by atoms with van der Waals surface area (Å²) in [5.74, 6) is 0. The third kappa shape index (κ3) is 2.48. The van der Waals surface area contributed by atoms with Crippen LogP contribution >= 0.6 is 0 Å². The number of aryl methyl sites for hydroxylation is 2. The van der Waals surface area contributed by atoms with Gasteiger partial charge in [-0.3, -0.25) is 4.40 Å². The molecule has 0 radical (unpaired) electrons. The van der Waals surface area contributed by atoms with E-state index in [4.69, 9.17) is 5.73 Å². The number of benzene rings is 1. The van der Waals surface area contributed by atoms with Crippen molar-refractivity contribution >= 4 is 5.65 Å². The van der Waals surface area contributed by atoms with Crippen LogP contribution in [0.15, 0.2) is 47.4 Å². The molecule has 3 aromatic rings. The fourth-order valence-corrected chi connectivity index (χ4v) is 2.37. The summed E-state index contributed by atoms with van der Waals surface area (Å²) in [7, 11) is 0. The standard InChI is InChI=1S/C16H18N4O/c1-11-6-7-13(9-12(11)2)14(17)10-20-16(21)19-8-4-3-5-15(19)18-20/h3-9,14H,10,17H2,1-2H3. The third-order valence-corrected chi connectivity index (χ3v) is 3.82. The lowest BCUT2D eigenvalue weighted by Gasteiger charge is -2.13. The minimum atomic E-state index is -0.257. The molecule has 0 aliphatic carbocycles. The van der Waals surface area contributed by atoms with Crippen LogP contribution in [0.5, 0.6) is 0 Å². The molecule has 0 saturated heterocycles. The summed E-state index contributed by atoms with van der Waals surface area (Å²) in [5.41, 5.74) is 10.1. The largest absolute Gasteiger partial charge is 0.350 e. The van der Waals surface area contributed by atoms with E-state index in [-0.39, 0.29) is 11.7 Å². The summed E-state index contributed by atoms with van der Waals surface area (Å²) >= 11 is 0. The van der Waals surface area contributed by atoms with Crippen LogP contribution in [-0.2, 0) is 6.54 Å². The first-order valence-corrected chi connectivity index (χ1v) is 6.93. The summed E-state index contributed by atoms with van der Waals surface area (Å²) in [6, 6.07) is 11.3. The Labute approximate surface area is 122 Å². The molecule has 1 aromatic carbocycles. The minimum absolute atomic E-state index is 0.162. The predicted molar refractivity (Wildman–Crippen MR) is 82.3 cm³/mol. The Kier molecular flexibility index (Phi) is 3.35. The molecular weight excluding hydrogens is 264 g/mol. The van der Waals surface area contributed by atoms with Gasteiger partial charge in [0, 0.05) is 12.2 Å². The molecule has 5 heteroatoms. The topological polar surface area (TPSA) is 65.3 Å². The summed E-state index contributed by atoms with van der Waals surface area (Å²) < 4.78 is 2.95. The van der Waals surface area contributed by atoms with Crippen molar-refractivity contribution in [3.8, 4) is 0 Å². The molecule has 2 N–H and O–H groups in total. The number of pyridine rings is 1. The van der Waals surface area contributed by atoms with E-state index in [0.29, 0.717) is 12.2 Å². The van der Waals surface area contributed by atoms with Gasteiger partial charge in [-0.05, 0) is 42.7 Å². The lowest BCUT2D eigenvalue weighted by atomic mass is 10.0. The smallest absolute Gasteiger partial charge is 0.322 e. The molecule has 0 fully saturated rings. The van der Waals surface area contributed by atoms with E-state index in [0.717, 1.165) is 5.56 Å². The maximum atomic E-state index is 12.2. The molecule has 0 saturated carbocycles. The zero-order valence-electron chi connectivity index (χ0n) is 12.2. The predicted octanol–water partition coefficient (Wildman–Crippen LogP) is 1.81. The molecule has 21 heavy (non-hydrogen) atoms.